The van der Waals surface area contributed by atoms with Gasteiger partial charge in [-0.2, -0.15) is 0 Å². The number of Topliss-reactive ketones (excluding diaryl/α,β-unsaturated/α-hetero) is 1. The fraction of sp³-hybridized carbons (Fsp3) is 0.190. The van der Waals surface area contributed by atoms with Crippen molar-refractivity contribution >= 4 is 23.4 Å². The van der Waals surface area contributed by atoms with Gasteiger partial charge in [0.15, 0.2) is 10.9 Å². The minimum absolute atomic E-state index is 0.0301. The molecule has 0 spiro atoms. The molecule has 5 heteroatoms. The summed E-state index contributed by atoms with van der Waals surface area (Å²) < 4.78 is 0. The van der Waals surface area contributed by atoms with E-state index in [-0.39, 0.29) is 5.78 Å². The summed E-state index contributed by atoms with van der Waals surface area (Å²) in [5, 5.41) is 0.0769. The van der Waals surface area contributed by atoms with Gasteiger partial charge in [-0.3, -0.25) is 4.79 Å². The summed E-state index contributed by atoms with van der Waals surface area (Å²) in [6.07, 6.45) is 0. The number of ketones is 1. The van der Waals surface area contributed by atoms with E-state index in [9.17, 15) is 4.79 Å². The van der Waals surface area contributed by atoms with Crippen LogP contribution in [0.5, 0.6) is 0 Å². The molecule has 0 radical (unpaired) electrons. The number of carbonyl (C=O) groups excluding carboxylic acids is 1. The first-order valence-corrected chi connectivity index (χ1v) is 9.25. The maximum absolute atomic E-state index is 13.2. The van der Waals surface area contributed by atoms with Gasteiger partial charge in [-0.25, -0.2) is 9.97 Å². The fourth-order valence-electron chi connectivity index (χ4n) is 2.61. The topological polar surface area (TPSA) is 68.9 Å². The van der Waals surface area contributed by atoms with Crippen molar-refractivity contribution in [2.45, 2.75) is 31.2 Å². The Morgan fingerprint density at radius 2 is 1.50 bits per heavy atom. The average Bonchev–Trinajstić information content (AvgIpc) is 2.60. The third kappa shape index (κ3) is 4.29. The molecule has 1 aromatic heterocycles. The highest BCUT2D eigenvalue weighted by molar-refractivity contribution is 8.00. The summed E-state index contributed by atoms with van der Waals surface area (Å²) in [6.45, 7) is 5.90. The van der Waals surface area contributed by atoms with E-state index in [1.54, 1.807) is 6.07 Å². The minimum atomic E-state index is -0.431. The number of aromatic nitrogens is 2. The van der Waals surface area contributed by atoms with Crippen LogP contribution >= 0.6 is 11.8 Å². The van der Waals surface area contributed by atoms with Crippen LogP contribution in [0.25, 0.3) is 0 Å². The SMILES string of the molecule is Cc1ccc(C(=O)[C@H](Sc2nc(C)cc(N)n2)c2ccc(C)cc2)cc1. The quantitative estimate of drug-likeness (QED) is 0.404. The lowest BCUT2D eigenvalue weighted by atomic mass is 10.0. The van der Waals surface area contributed by atoms with Crippen LogP contribution in [0.1, 0.15) is 38.0 Å². The highest BCUT2D eigenvalue weighted by atomic mass is 32.2. The van der Waals surface area contributed by atoms with Gasteiger partial charge in [0, 0.05) is 17.3 Å². The normalized spacial score (nSPS) is 12.0. The molecule has 0 aliphatic rings. The molecule has 3 rings (SSSR count). The van der Waals surface area contributed by atoms with Crippen molar-refractivity contribution in [1.29, 1.82) is 0 Å². The molecule has 0 saturated heterocycles. The van der Waals surface area contributed by atoms with Gasteiger partial charge in [-0.05, 0) is 26.3 Å². The van der Waals surface area contributed by atoms with E-state index in [0.717, 1.165) is 22.4 Å². The molecular weight excluding hydrogens is 342 g/mol. The van der Waals surface area contributed by atoms with Crippen LogP contribution in [0.3, 0.4) is 0 Å². The molecule has 0 fully saturated rings. The number of thioether (sulfide) groups is 1. The smallest absolute Gasteiger partial charge is 0.190 e. The zero-order valence-corrected chi connectivity index (χ0v) is 15.9. The van der Waals surface area contributed by atoms with Gasteiger partial charge in [0.2, 0.25) is 0 Å². The molecule has 132 valence electrons. The van der Waals surface area contributed by atoms with Gasteiger partial charge in [0.25, 0.3) is 0 Å². The van der Waals surface area contributed by atoms with Gasteiger partial charge >= 0.3 is 0 Å². The van der Waals surface area contributed by atoms with Gasteiger partial charge in [0.1, 0.15) is 11.1 Å². The molecule has 3 aromatic rings. The van der Waals surface area contributed by atoms with Gasteiger partial charge in [0.05, 0.1) is 0 Å². The number of aryl methyl sites for hydroxylation is 3. The lowest BCUT2D eigenvalue weighted by Crippen LogP contribution is -2.11. The van der Waals surface area contributed by atoms with Crippen molar-refractivity contribution in [2.75, 3.05) is 5.73 Å². The third-order valence-electron chi connectivity index (χ3n) is 4.03. The number of rotatable bonds is 5. The van der Waals surface area contributed by atoms with Crippen molar-refractivity contribution in [3.05, 3.63) is 82.5 Å². The van der Waals surface area contributed by atoms with E-state index in [0.29, 0.717) is 16.5 Å². The van der Waals surface area contributed by atoms with Crippen LogP contribution in [0, 0.1) is 20.8 Å². The number of hydrogen-bond donors (Lipinski definition) is 1. The minimum Gasteiger partial charge on any atom is -0.384 e. The molecule has 0 aliphatic carbocycles. The summed E-state index contributed by atoms with van der Waals surface area (Å²) in [6, 6.07) is 17.3. The van der Waals surface area contributed by atoms with Crippen LogP contribution in [0.15, 0.2) is 59.8 Å². The van der Waals surface area contributed by atoms with Crippen molar-refractivity contribution in [1.82, 2.24) is 9.97 Å². The van der Waals surface area contributed by atoms with Crippen LogP contribution < -0.4 is 5.73 Å². The Labute approximate surface area is 157 Å². The standard InChI is InChI=1S/C21H21N3OS/c1-13-4-8-16(9-5-13)19(25)20(17-10-6-14(2)7-11-17)26-21-23-15(3)12-18(22)24-21/h4-12,20H,1-3H3,(H2,22,23,24)/t20-/m1/s1. The maximum Gasteiger partial charge on any atom is 0.190 e. The Morgan fingerprint density at radius 3 is 2.08 bits per heavy atom. The molecule has 0 unspecified atom stereocenters. The average molecular weight is 363 g/mol. The first-order valence-electron chi connectivity index (χ1n) is 8.37. The van der Waals surface area contributed by atoms with E-state index < -0.39 is 5.25 Å². The van der Waals surface area contributed by atoms with Crippen molar-refractivity contribution < 1.29 is 4.79 Å². The summed E-state index contributed by atoms with van der Waals surface area (Å²) in [5.41, 5.74) is 10.5. The third-order valence-corrected chi connectivity index (χ3v) is 5.15. The largest absolute Gasteiger partial charge is 0.384 e. The Morgan fingerprint density at radius 1 is 0.923 bits per heavy atom. The van der Waals surface area contributed by atoms with Gasteiger partial charge < -0.3 is 5.73 Å². The zero-order chi connectivity index (χ0) is 18.7. The number of anilines is 1. The van der Waals surface area contributed by atoms with E-state index in [1.807, 2.05) is 69.3 Å². The highest BCUT2D eigenvalue weighted by Crippen LogP contribution is 2.36. The molecule has 0 bridgehead atoms. The van der Waals surface area contributed by atoms with E-state index >= 15 is 0 Å². The number of nitrogens with zero attached hydrogens (tertiary/aromatic N) is 2. The first kappa shape index (κ1) is 18.1. The molecule has 4 nitrogen and oxygen atoms in total. The summed E-state index contributed by atoms with van der Waals surface area (Å²) in [7, 11) is 0. The summed E-state index contributed by atoms with van der Waals surface area (Å²) in [5.74, 6) is 0.438. The lowest BCUT2D eigenvalue weighted by molar-refractivity contribution is 0.0989. The zero-order valence-electron chi connectivity index (χ0n) is 15.1. The number of nitrogens with two attached hydrogens (primary N) is 1. The van der Waals surface area contributed by atoms with Crippen molar-refractivity contribution in [2.24, 2.45) is 0 Å². The van der Waals surface area contributed by atoms with E-state index in [1.165, 1.54) is 11.8 Å². The molecule has 0 saturated carbocycles. The van der Waals surface area contributed by atoms with E-state index in [2.05, 4.69) is 9.97 Å². The van der Waals surface area contributed by atoms with Crippen LogP contribution in [-0.2, 0) is 0 Å². The Hall–Kier alpha value is -2.66. The predicted octanol–water partition coefficient (Wildman–Crippen LogP) is 4.70. The number of nitrogen functional groups attached to an aromatic ring is 1. The summed E-state index contributed by atoms with van der Waals surface area (Å²) in [4.78, 5) is 21.9. The summed E-state index contributed by atoms with van der Waals surface area (Å²) >= 11 is 1.33. The first-order chi connectivity index (χ1) is 12.4. The Kier molecular flexibility index (Phi) is 5.38. The van der Waals surface area contributed by atoms with Gasteiger partial charge in [-0.1, -0.05) is 71.4 Å². The van der Waals surface area contributed by atoms with Crippen LogP contribution in [0.2, 0.25) is 0 Å². The van der Waals surface area contributed by atoms with Gasteiger partial charge in [-0.15, -0.1) is 0 Å². The van der Waals surface area contributed by atoms with Crippen molar-refractivity contribution in [3.8, 4) is 0 Å². The number of carbonyl (C=O) groups is 1. The maximum atomic E-state index is 13.2. The van der Waals surface area contributed by atoms with Crippen LogP contribution in [-0.4, -0.2) is 15.8 Å². The second kappa shape index (κ2) is 7.70. The molecule has 2 N–H and O–H groups in total. The lowest BCUT2D eigenvalue weighted by Gasteiger charge is -2.16. The Balaban J connectivity index is 1.99. The molecule has 0 amide bonds. The molecule has 2 aromatic carbocycles. The molecular formula is C21H21N3OS. The number of hydrogen-bond acceptors (Lipinski definition) is 5. The molecule has 1 heterocycles. The molecule has 0 aliphatic heterocycles. The second-order valence-corrected chi connectivity index (χ2v) is 7.43. The molecule has 1 atom stereocenters. The van der Waals surface area contributed by atoms with Crippen LogP contribution in [0.4, 0.5) is 5.82 Å². The molecule has 26 heavy (non-hydrogen) atoms. The van der Waals surface area contributed by atoms with E-state index in [4.69, 9.17) is 5.73 Å². The monoisotopic (exact) mass is 363 g/mol. The van der Waals surface area contributed by atoms with Crippen molar-refractivity contribution in [3.63, 3.8) is 0 Å². The fourth-order valence-corrected chi connectivity index (χ4v) is 3.71. The Bertz CT molecular complexity index is 901. The second-order valence-electron chi connectivity index (χ2n) is 6.36. The predicted molar refractivity (Wildman–Crippen MR) is 106 cm³/mol. The number of benzene rings is 2. The highest BCUT2D eigenvalue weighted by Gasteiger charge is 2.25.